The molecule has 1 heterocycles. The third kappa shape index (κ3) is 6.25. The molecule has 9 heteroatoms. The highest BCUT2D eigenvalue weighted by Gasteiger charge is 2.25. The van der Waals surface area contributed by atoms with Crippen LogP contribution in [0.15, 0.2) is 24.3 Å². The van der Waals surface area contributed by atoms with Gasteiger partial charge in [0.05, 0.1) is 11.6 Å². The topological polar surface area (TPSA) is 76.2 Å². The molecule has 1 aromatic carbocycles. The Kier molecular flexibility index (Phi) is 7.60. The summed E-state index contributed by atoms with van der Waals surface area (Å²) in [7, 11) is 0. The Balaban J connectivity index is 1.75. The van der Waals surface area contributed by atoms with E-state index in [1.807, 2.05) is 0 Å². The number of esters is 1. The molecule has 1 fully saturated rings. The molecule has 146 valence electrons. The molecule has 0 atom stereocenters. The van der Waals surface area contributed by atoms with Gasteiger partial charge in [-0.15, -0.1) is 0 Å². The Labute approximate surface area is 161 Å². The zero-order valence-corrected chi connectivity index (χ0v) is 15.6. The number of halogens is 2. The lowest BCUT2D eigenvalue weighted by atomic mass is 10.2. The van der Waals surface area contributed by atoms with Gasteiger partial charge in [-0.05, 0) is 30.7 Å². The van der Waals surface area contributed by atoms with Gasteiger partial charge in [0.1, 0.15) is 5.82 Å². The van der Waals surface area contributed by atoms with E-state index in [0.29, 0.717) is 38.3 Å². The van der Waals surface area contributed by atoms with E-state index in [1.165, 1.54) is 34.1 Å². The Hall–Kier alpha value is -2.61. The van der Waals surface area contributed by atoms with Crippen molar-refractivity contribution in [1.29, 1.82) is 0 Å². The molecule has 2 rings (SSSR count). The number of hydrogen-bond donors (Lipinski definition) is 0. The lowest BCUT2D eigenvalue weighted by molar-refractivity contribution is -0.148. The minimum Gasteiger partial charge on any atom is -0.452 e. The van der Waals surface area contributed by atoms with E-state index in [2.05, 4.69) is 0 Å². The van der Waals surface area contributed by atoms with Crippen molar-refractivity contribution in [2.24, 2.45) is 0 Å². The molecule has 0 aliphatic carbocycles. The first-order valence-electron chi connectivity index (χ1n) is 8.40. The fourth-order valence-corrected chi connectivity index (χ4v) is 2.59. The normalized spacial score (nSPS) is 14.3. The predicted octanol–water partition coefficient (Wildman–Crippen LogP) is 2.34. The zero-order valence-electron chi connectivity index (χ0n) is 14.8. The summed E-state index contributed by atoms with van der Waals surface area (Å²) >= 11 is 5.66. The van der Waals surface area contributed by atoms with E-state index in [4.69, 9.17) is 21.1 Å². The van der Waals surface area contributed by atoms with Crippen LogP contribution in [-0.4, -0.2) is 67.2 Å². The van der Waals surface area contributed by atoms with Gasteiger partial charge in [-0.1, -0.05) is 17.7 Å². The van der Waals surface area contributed by atoms with Gasteiger partial charge >= 0.3 is 12.1 Å². The number of carbonyl (C=O) groups excluding carboxylic acids is 3. The highest BCUT2D eigenvalue weighted by molar-refractivity contribution is 6.30. The number of amides is 2. The van der Waals surface area contributed by atoms with Crippen molar-refractivity contribution >= 4 is 35.6 Å². The molecule has 0 radical (unpaired) electrons. The summed E-state index contributed by atoms with van der Waals surface area (Å²) in [5, 5.41) is -0.0531. The highest BCUT2D eigenvalue weighted by Crippen LogP contribution is 2.16. The molecule has 0 aromatic heterocycles. The van der Waals surface area contributed by atoms with Crippen LogP contribution in [0.2, 0.25) is 5.02 Å². The lowest BCUT2D eigenvalue weighted by Gasteiger charge is -2.33. The third-order valence-electron chi connectivity index (χ3n) is 3.85. The molecule has 0 saturated carbocycles. The molecule has 2 amide bonds. The Bertz CT molecular complexity index is 732. The molecule has 1 aromatic rings. The Morgan fingerprint density at radius 3 is 2.44 bits per heavy atom. The van der Waals surface area contributed by atoms with Crippen molar-refractivity contribution in [2.75, 3.05) is 39.4 Å². The molecule has 0 unspecified atom stereocenters. The lowest BCUT2D eigenvalue weighted by Crippen LogP contribution is -2.51. The highest BCUT2D eigenvalue weighted by atomic mass is 35.5. The molecule has 1 aliphatic rings. The van der Waals surface area contributed by atoms with Crippen molar-refractivity contribution < 1.29 is 28.2 Å². The number of hydrogen-bond acceptors (Lipinski definition) is 5. The number of benzene rings is 1. The van der Waals surface area contributed by atoms with Gasteiger partial charge in [-0.3, -0.25) is 4.79 Å². The van der Waals surface area contributed by atoms with Crippen molar-refractivity contribution in [3.63, 3.8) is 0 Å². The second kappa shape index (κ2) is 9.91. The van der Waals surface area contributed by atoms with Crippen LogP contribution in [0.4, 0.5) is 9.18 Å². The van der Waals surface area contributed by atoms with Gasteiger partial charge in [0, 0.05) is 32.3 Å². The van der Waals surface area contributed by atoms with Crippen LogP contribution < -0.4 is 0 Å². The molecule has 1 saturated heterocycles. The number of carbonyl (C=O) groups is 3. The fourth-order valence-electron chi connectivity index (χ4n) is 2.41. The first-order valence-corrected chi connectivity index (χ1v) is 8.78. The van der Waals surface area contributed by atoms with E-state index in [0.717, 1.165) is 6.08 Å². The van der Waals surface area contributed by atoms with Crippen LogP contribution in [-0.2, 0) is 19.1 Å². The van der Waals surface area contributed by atoms with E-state index >= 15 is 0 Å². The van der Waals surface area contributed by atoms with Crippen molar-refractivity contribution in [1.82, 2.24) is 9.80 Å². The fraction of sp³-hybridized carbons (Fsp3) is 0.389. The van der Waals surface area contributed by atoms with Gasteiger partial charge in [-0.25, -0.2) is 14.0 Å². The van der Waals surface area contributed by atoms with Crippen LogP contribution in [0.3, 0.4) is 0 Å². The van der Waals surface area contributed by atoms with E-state index in [9.17, 15) is 18.8 Å². The average molecular weight is 399 g/mol. The maximum absolute atomic E-state index is 13.1. The summed E-state index contributed by atoms with van der Waals surface area (Å²) in [6, 6.07) is 4.01. The smallest absolute Gasteiger partial charge is 0.409 e. The van der Waals surface area contributed by atoms with Crippen LogP contribution in [0.5, 0.6) is 0 Å². The van der Waals surface area contributed by atoms with E-state index in [1.54, 1.807) is 6.92 Å². The monoisotopic (exact) mass is 398 g/mol. The predicted molar refractivity (Wildman–Crippen MR) is 96.6 cm³/mol. The van der Waals surface area contributed by atoms with Crippen molar-refractivity contribution in [3.05, 3.63) is 40.7 Å². The molecule has 0 bridgehead atoms. The minimum atomic E-state index is -0.700. The first kappa shape index (κ1) is 20.7. The summed E-state index contributed by atoms with van der Waals surface area (Å²) in [4.78, 5) is 38.5. The summed E-state index contributed by atoms with van der Waals surface area (Å²) in [6.07, 6.45) is 2.15. The maximum atomic E-state index is 13.1. The third-order valence-corrected chi connectivity index (χ3v) is 4.14. The quantitative estimate of drug-likeness (QED) is 0.562. The number of ether oxygens (including phenoxy) is 2. The summed E-state index contributed by atoms with van der Waals surface area (Å²) in [5.41, 5.74) is 0.528. The standard InChI is InChI=1S/C18H20ClFN2O5/c1-2-26-18(25)22-9-7-21(8-10-22)16(23)12-27-17(24)6-4-13-3-5-15(20)14(19)11-13/h3-6,11H,2,7-10,12H2,1H3/b6-4+. The zero-order chi connectivity index (χ0) is 19.8. The Morgan fingerprint density at radius 1 is 1.15 bits per heavy atom. The molecule has 27 heavy (non-hydrogen) atoms. The van der Waals surface area contributed by atoms with Crippen LogP contribution in [0, 0.1) is 5.82 Å². The number of piperazine rings is 1. The average Bonchev–Trinajstić information content (AvgIpc) is 2.67. The largest absolute Gasteiger partial charge is 0.452 e. The minimum absolute atomic E-state index is 0.0531. The van der Waals surface area contributed by atoms with Gasteiger partial charge in [0.15, 0.2) is 6.61 Å². The second-order valence-electron chi connectivity index (χ2n) is 5.68. The molecule has 0 spiro atoms. The SMILES string of the molecule is CCOC(=O)N1CCN(C(=O)COC(=O)/C=C/c2ccc(F)c(Cl)c2)CC1. The first-order chi connectivity index (χ1) is 12.9. The van der Waals surface area contributed by atoms with Gasteiger partial charge in [0.2, 0.25) is 0 Å². The van der Waals surface area contributed by atoms with Gasteiger partial charge in [-0.2, -0.15) is 0 Å². The van der Waals surface area contributed by atoms with E-state index < -0.39 is 24.5 Å². The molecule has 7 nitrogen and oxygen atoms in total. The Morgan fingerprint density at radius 2 is 1.81 bits per heavy atom. The van der Waals surface area contributed by atoms with Crippen LogP contribution >= 0.6 is 11.6 Å². The number of nitrogens with zero attached hydrogens (tertiary/aromatic N) is 2. The molecule has 1 aliphatic heterocycles. The van der Waals surface area contributed by atoms with Crippen LogP contribution in [0.1, 0.15) is 12.5 Å². The van der Waals surface area contributed by atoms with Gasteiger partial charge in [0.25, 0.3) is 5.91 Å². The molecule has 0 N–H and O–H groups in total. The maximum Gasteiger partial charge on any atom is 0.409 e. The summed E-state index contributed by atoms with van der Waals surface area (Å²) < 4.78 is 22.9. The van der Waals surface area contributed by atoms with Crippen molar-refractivity contribution in [3.8, 4) is 0 Å². The number of rotatable bonds is 5. The van der Waals surface area contributed by atoms with E-state index in [-0.39, 0.29) is 10.9 Å². The summed E-state index contributed by atoms with van der Waals surface area (Å²) in [5.74, 6) is -1.59. The van der Waals surface area contributed by atoms with Gasteiger partial charge < -0.3 is 19.3 Å². The van der Waals surface area contributed by atoms with Crippen LogP contribution in [0.25, 0.3) is 6.08 Å². The second-order valence-corrected chi connectivity index (χ2v) is 6.09. The van der Waals surface area contributed by atoms with Crippen molar-refractivity contribution in [2.45, 2.75) is 6.92 Å². The molecular formula is C18H20ClFN2O5. The summed E-state index contributed by atoms with van der Waals surface area (Å²) in [6.45, 7) is 3.05. The molecular weight excluding hydrogens is 379 g/mol.